The Kier molecular flexibility index (Phi) is 16.8. The molecule has 0 fully saturated rings. The highest BCUT2D eigenvalue weighted by Crippen LogP contribution is 2.15. The molecule has 24 heavy (non-hydrogen) atoms. The van der Waals surface area contributed by atoms with Gasteiger partial charge in [-0.05, 0) is 32.1 Å². The van der Waals surface area contributed by atoms with Gasteiger partial charge < -0.3 is 15.3 Å². The number of aliphatic hydroxyl groups excluding tert-OH is 2. The van der Waals surface area contributed by atoms with E-state index in [-0.39, 0.29) is 12.2 Å². The molecule has 0 aliphatic heterocycles. The maximum absolute atomic E-state index is 10.4. The van der Waals surface area contributed by atoms with Crippen LogP contribution in [0.3, 0.4) is 0 Å². The lowest BCUT2D eigenvalue weighted by Crippen LogP contribution is -2.13. The van der Waals surface area contributed by atoms with Crippen molar-refractivity contribution in [2.45, 2.75) is 122 Å². The van der Waals surface area contributed by atoms with Crippen LogP contribution in [0.4, 0.5) is 0 Å². The van der Waals surface area contributed by atoms with E-state index in [4.69, 9.17) is 5.11 Å². The van der Waals surface area contributed by atoms with Crippen molar-refractivity contribution in [3.63, 3.8) is 0 Å². The fourth-order valence-electron chi connectivity index (χ4n) is 3.08. The van der Waals surface area contributed by atoms with Crippen LogP contribution in [0.15, 0.2) is 0 Å². The fourth-order valence-corrected chi connectivity index (χ4v) is 3.08. The first-order chi connectivity index (χ1) is 11.6. The maximum atomic E-state index is 10.4. The summed E-state index contributed by atoms with van der Waals surface area (Å²) in [7, 11) is 0. The number of carbonyl (C=O) groups is 1. The summed E-state index contributed by atoms with van der Waals surface area (Å²) in [4.78, 5) is 10.4. The van der Waals surface area contributed by atoms with Crippen LogP contribution in [-0.2, 0) is 4.79 Å². The van der Waals surface area contributed by atoms with Crippen LogP contribution in [0.25, 0.3) is 0 Å². The quantitative estimate of drug-likeness (QED) is 0.304. The molecule has 0 radical (unpaired) electrons. The van der Waals surface area contributed by atoms with E-state index in [1.54, 1.807) is 0 Å². The van der Waals surface area contributed by atoms with Crippen molar-refractivity contribution in [2.24, 2.45) is 0 Å². The number of carboxylic acids is 1. The van der Waals surface area contributed by atoms with E-state index in [2.05, 4.69) is 6.92 Å². The summed E-state index contributed by atoms with van der Waals surface area (Å²) in [5, 5.41) is 28.1. The van der Waals surface area contributed by atoms with Crippen molar-refractivity contribution in [1.82, 2.24) is 0 Å². The zero-order valence-corrected chi connectivity index (χ0v) is 15.7. The molecule has 0 aromatic heterocycles. The van der Waals surface area contributed by atoms with E-state index < -0.39 is 5.97 Å². The molecule has 0 aliphatic rings. The molecule has 0 bridgehead atoms. The minimum Gasteiger partial charge on any atom is -0.481 e. The summed E-state index contributed by atoms with van der Waals surface area (Å²) in [6.45, 7) is 2.07. The standard InChI is InChI=1S/C20H40O4/c1-2-13-18(21)16-17-19(22)14-11-9-7-5-3-4-6-8-10-12-15-20(23)24/h18-19,21-22H,2-17H2,1H3,(H,23,24). The number of rotatable bonds is 18. The van der Waals surface area contributed by atoms with Crippen LogP contribution in [0.5, 0.6) is 0 Å². The Balaban J connectivity index is 3.20. The molecule has 2 atom stereocenters. The van der Waals surface area contributed by atoms with E-state index >= 15 is 0 Å². The topological polar surface area (TPSA) is 77.8 Å². The number of carboxylic acid groups (broad SMARTS) is 1. The number of hydrogen-bond donors (Lipinski definition) is 3. The highest BCUT2D eigenvalue weighted by Gasteiger charge is 2.08. The Bertz CT molecular complexity index is 281. The Morgan fingerprint density at radius 3 is 1.54 bits per heavy atom. The molecule has 0 spiro atoms. The minimum absolute atomic E-state index is 0.242. The van der Waals surface area contributed by atoms with Gasteiger partial charge in [-0.1, -0.05) is 71.1 Å². The van der Waals surface area contributed by atoms with E-state index in [1.807, 2.05) is 0 Å². The lowest BCUT2D eigenvalue weighted by Gasteiger charge is -2.13. The zero-order valence-electron chi connectivity index (χ0n) is 15.7. The molecule has 4 heteroatoms. The number of unbranched alkanes of at least 4 members (excludes halogenated alkanes) is 9. The van der Waals surface area contributed by atoms with Gasteiger partial charge in [0, 0.05) is 6.42 Å². The van der Waals surface area contributed by atoms with E-state index in [0.29, 0.717) is 6.42 Å². The summed E-state index contributed by atoms with van der Waals surface area (Å²) in [6, 6.07) is 0. The number of aliphatic hydroxyl groups is 2. The third-order valence-electron chi connectivity index (χ3n) is 4.63. The van der Waals surface area contributed by atoms with Gasteiger partial charge in [-0.2, -0.15) is 0 Å². The Hall–Kier alpha value is -0.610. The predicted octanol–water partition coefficient (Wildman–Crippen LogP) is 5.05. The van der Waals surface area contributed by atoms with Gasteiger partial charge in [0.05, 0.1) is 12.2 Å². The maximum Gasteiger partial charge on any atom is 0.303 e. The molecule has 0 saturated carbocycles. The average Bonchev–Trinajstić information content (AvgIpc) is 2.54. The first-order valence-electron chi connectivity index (χ1n) is 10.1. The van der Waals surface area contributed by atoms with Crippen molar-refractivity contribution in [3.05, 3.63) is 0 Å². The van der Waals surface area contributed by atoms with Crippen molar-refractivity contribution >= 4 is 5.97 Å². The van der Waals surface area contributed by atoms with Gasteiger partial charge in [0.1, 0.15) is 0 Å². The molecule has 0 aliphatic carbocycles. The fraction of sp³-hybridized carbons (Fsp3) is 0.950. The Morgan fingerprint density at radius 2 is 1.08 bits per heavy atom. The average molecular weight is 345 g/mol. The SMILES string of the molecule is CCCC(O)CCC(O)CCCCCCCCCCCCC(=O)O. The molecular formula is C20H40O4. The van der Waals surface area contributed by atoms with Gasteiger partial charge >= 0.3 is 5.97 Å². The second-order valence-corrected chi connectivity index (χ2v) is 7.14. The van der Waals surface area contributed by atoms with Crippen molar-refractivity contribution in [3.8, 4) is 0 Å². The third-order valence-corrected chi connectivity index (χ3v) is 4.63. The van der Waals surface area contributed by atoms with Crippen LogP contribution in [-0.4, -0.2) is 33.5 Å². The first-order valence-corrected chi connectivity index (χ1v) is 10.1. The smallest absolute Gasteiger partial charge is 0.303 e. The minimum atomic E-state index is -0.683. The van der Waals surface area contributed by atoms with Gasteiger partial charge in [0.15, 0.2) is 0 Å². The third kappa shape index (κ3) is 17.7. The summed E-state index contributed by atoms with van der Waals surface area (Å²) >= 11 is 0. The molecule has 144 valence electrons. The van der Waals surface area contributed by atoms with Crippen LogP contribution in [0.1, 0.15) is 110 Å². The number of hydrogen-bond acceptors (Lipinski definition) is 3. The van der Waals surface area contributed by atoms with Gasteiger partial charge in [-0.15, -0.1) is 0 Å². The highest BCUT2D eigenvalue weighted by molar-refractivity contribution is 5.66. The molecular weight excluding hydrogens is 304 g/mol. The van der Waals surface area contributed by atoms with Gasteiger partial charge in [0.25, 0.3) is 0 Å². The molecule has 4 nitrogen and oxygen atoms in total. The second-order valence-electron chi connectivity index (χ2n) is 7.14. The van der Waals surface area contributed by atoms with E-state index in [1.165, 1.54) is 38.5 Å². The second kappa shape index (κ2) is 17.2. The summed E-state index contributed by atoms with van der Waals surface area (Å²) in [6.07, 6.45) is 15.5. The van der Waals surface area contributed by atoms with E-state index in [0.717, 1.165) is 57.8 Å². The van der Waals surface area contributed by atoms with Gasteiger partial charge in [-0.3, -0.25) is 4.79 Å². The summed E-state index contributed by atoms with van der Waals surface area (Å²) in [5.74, 6) is -0.683. The predicted molar refractivity (Wildman–Crippen MR) is 99.2 cm³/mol. The van der Waals surface area contributed by atoms with Crippen LogP contribution >= 0.6 is 0 Å². The normalized spacial score (nSPS) is 13.8. The summed E-state index contributed by atoms with van der Waals surface area (Å²) in [5.41, 5.74) is 0. The molecule has 0 aromatic rings. The lowest BCUT2D eigenvalue weighted by atomic mass is 10.0. The monoisotopic (exact) mass is 344 g/mol. The Morgan fingerprint density at radius 1 is 0.667 bits per heavy atom. The molecule has 0 heterocycles. The lowest BCUT2D eigenvalue weighted by molar-refractivity contribution is -0.137. The van der Waals surface area contributed by atoms with Crippen LogP contribution in [0.2, 0.25) is 0 Å². The molecule has 0 amide bonds. The van der Waals surface area contributed by atoms with Crippen molar-refractivity contribution in [1.29, 1.82) is 0 Å². The molecule has 0 rings (SSSR count). The zero-order chi connectivity index (χ0) is 18.0. The van der Waals surface area contributed by atoms with Crippen LogP contribution < -0.4 is 0 Å². The molecule has 3 N–H and O–H groups in total. The molecule has 0 saturated heterocycles. The van der Waals surface area contributed by atoms with Gasteiger partial charge in [0.2, 0.25) is 0 Å². The highest BCUT2D eigenvalue weighted by atomic mass is 16.4. The van der Waals surface area contributed by atoms with Crippen molar-refractivity contribution in [2.75, 3.05) is 0 Å². The molecule has 2 unspecified atom stereocenters. The Labute approximate surface area is 148 Å². The molecule has 0 aromatic carbocycles. The first kappa shape index (κ1) is 23.4. The van der Waals surface area contributed by atoms with Crippen molar-refractivity contribution < 1.29 is 20.1 Å². The number of aliphatic carboxylic acids is 1. The summed E-state index contributed by atoms with van der Waals surface area (Å²) < 4.78 is 0. The van der Waals surface area contributed by atoms with E-state index in [9.17, 15) is 15.0 Å². The van der Waals surface area contributed by atoms with Crippen LogP contribution in [0, 0.1) is 0 Å². The largest absolute Gasteiger partial charge is 0.481 e. The van der Waals surface area contributed by atoms with Gasteiger partial charge in [-0.25, -0.2) is 0 Å².